The monoisotopic (exact) mass is 184 g/mol. The Morgan fingerprint density at radius 1 is 1.29 bits per heavy atom. The van der Waals surface area contributed by atoms with Crippen molar-refractivity contribution in [3.8, 4) is 17.5 Å². The smallest absolute Gasteiger partial charge is 0.152 e. The van der Waals surface area contributed by atoms with Crippen LogP contribution in [-0.2, 0) is 0 Å². The van der Waals surface area contributed by atoms with E-state index in [9.17, 15) is 0 Å². The first-order valence-electron chi connectivity index (χ1n) is 4.22. The van der Waals surface area contributed by atoms with Crippen molar-refractivity contribution in [2.75, 3.05) is 0 Å². The molecular formula is C11H8N2O. The number of furan rings is 1. The first kappa shape index (κ1) is 8.52. The number of aromatic nitrogens is 1. The Labute approximate surface area is 81.6 Å². The highest BCUT2D eigenvalue weighted by molar-refractivity contribution is 5.52. The molecule has 3 nitrogen and oxygen atoms in total. The van der Waals surface area contributed by atoms with Crippen LogP contribution in [0.3, 0.4) is 0 Å². The summed E-state index contributed by atoms with van der Waals surface area (Å²) in [5.74, 6) is 1.58. The van der Waals surface area contributed by atoms with E-state index in [1.807, 2.05) is 25.1 Å². The maximum absolute atomic E-state index is 8.59. The van der Waals surface area contributed by atoms with E-state index >= 15 is 0 Å². The van der Waals surface area contributed by atoms with Gasteiger partial charge in [0.2, 0.25) is 0 Å². The molecular weight excluding hydrogens is 176 g/mol. The quantitative estimate of drug-likeness (QED) is 0.684. The summed E-state index contributed by atoms with van der Waals surface area (Å²) in [7, 11) is 0. The van der Waals surface area contributed by atoms with Crippen LogP contribution in [0.1, 0.15) is 11.3 Å². The Morgan fingerprint density at radius 2 is 2.14 bits per heavy atom. The number of pyridine rings is 1. The van der Waals surface area contributed by atoms with E-state index in [4.69, 9.17) is 9.68 Å². The van der Waals surface area contributed by atoms with Crippen molar-refractivity contribution in [3.05, 3.63) is 41.8 Å². The van der Waals surface area contributed by atoms with Crippen molar-refractivity contribution in [1.82, 2.24) is 4.98 Å². The molecule has 2 aromatic rings. The van der Waals surface area contributed by atoms with Crippen molar-refractivity contribution in [3.63, 3.8) is 0 Å². The van der Waals surface area contributed by atoms with Gasteiger partial charge in [0.15, 0.2) is 5.76 Å². The van der Waals surface area contributed by atoms with Crippen molar-refractivity contribution in [2.24, 2.45) is 0 Å². The molecule has 0 spiro atoms. The Kier molecular flexibility index (Phi) is 2.04. The Balaban J connectivity index is 2.39. The highest BCUT2D eigenvalue weighted by Gasteiger charge is 2.03. The lowest BCUT2D eigenvalue weighted by molar-refractivity contribution is 0.546. The van der Waals surface area contributed by atoms with E-state index in [-0.39, 0.29) is 0 Å². The molecule has 0 saturated heterocycles. The van der Waals surface area contributed by atoms with Crippen molar-refractivity contribution >= 4 is 0 Å². The Hall–Kier alpha value is -2.08. The minimum atomic E-state index is 0.553. The number of nitrogens with zero attached hydrogens (tertiary/aromatic N) is 2. The van der Waals surface area contributed by atoms with E-state index < -0.39 is 0 Å². The number of aryl methyl sites for hydroxylation is 1. The van der Waals surface area contributed by atoms with Crippen LogP contribution < -0.4 is 0 Å². The second-order valence-corrected chi connectivity index (χ2v) is 2.95. The maximum atomic E-state index is 8.59. The highest BCUT2D eigenvalue weighted by Crippen LogP contribution is 2.19. The van der Waals surface area contributed by atoms with E-state index in [2.05, 4.69) is 4.98 Å². The summed E-state index contributed by atoms with van der Waals surface area (Å²) in [4.78, 5) is 4.12. The summed E-state index contributed by atoms with van der Waals surface area (Å²) in [6.45, 7) is 1.88. The fourth-order valence-electron chi connectivity index (χ4n) is 1.18. The Morgan fingerprint density at radius 3 is 2.64 bits per heavy atom. The lowest BCUT2D eigenvalue weighted by Gasteiger charge is -1.94. The molecule has 2 rings (SSSR count). The first-order chi connectivity index (χ1) is 6.79. The summed E-state index contributed by atoms with van der Waals surface area (Å²) < 4.78 is 5.40. The SMILES string of the molecule is Cc1ccc(-c2ccc(C#N)cn2)o1. The van der Waals surface area contributed by atoms with Crippen LogP contribution in [0.2, 0.25) is 0 Å². The second-order valence-electron chi connectivity index (χ2n) is 2.95. The Bertz CT molecular complexity index is 477. The third-order valence-corrected chi connectivity index (χ3v) is 1.89. The van der Waals surface area contributed by atoms with Gasteiger partial charge in [-0.15, -0.1) is 0 Å². The summed E-state index contributed by atoms with van der Waals surface area (Å²) >= 11 is 0. The fourth-order valence-corrected chi connectivity index (χ4v) is 1.18. The van der Waals surface area contributed by atoms with Gasteiger partial charge in [-0.3, -0.25) is 4.98 Å². The zero-order chi connectivity index (χ0) is 9.97. The average Bonchev–Trinajstić information content (AvgIpc) is 2.65. The normalized spacial score (nSPS) is 9.71. The van der Waals surface area contributed by atoms with Gasteiger partial charge in [0.25, 0.3) is 0 Å². The van der Waals surface area contributed by atoms with Crippen molar-refractivity contribution in [2.45, 2.75) is 6.92 Å². The van der Waals surface area contributed by atoms with Crippen LogP contribution in [0.4, 0.5) is 0 Å². The molecule has 0 atom stereocenters. The van der Waals surface area contributed by atoms with E-state index in [1.54, 1.807) is 12.1 Å². The summed E-state index contributed by atoms with van der Waals surface area (Å²) in [5, 5.41) is 8.59. The number of hydrogen-bond donors (Lipinski definition) is 0. The number of rotatable bonds is 1. The van der Waals surface area contributed by atoms with Crippen LogP contribution in [-0.4, -0.2) is 4.98 Å². The topological polar surface area (TPSA) is 49.8 Å². The van der Waals surface area contributed by atoms with Gasteiger partial charge in [-0.25, -0.2) is 0 Å². The van der Waals surface area contributed by atoms with Gasteiger partial charge in [0.1, 0.15) is 17.5 Å². The van der Waals surface area contributed by atoms with Crippen molar-refractivity contribution in [1.29, 1.82) is 5.26 Å². The molecule has 0 radical (unpaired) electrons. The minimum absolute atomic E-state index is 0.553. The van der Waals surface area contributed by atoms with Gasteiger partial charge in [-0.1, -0.05) is 0 Å². The molecule has 0 saturated carbocycles. The summed E-state index contributed by atoms with van der Waals surface area (Å²) in [6, 6.07) is 9.26. The van der Waals surface area contributed by atoms with E-state index in [0.29, 0.717) is 5.56 Å². The fraction of sp³-hybridized carbons (Fsp3) is 0.0909. The average molecular weight is 184 g/mol. The van der Waals surface area contributed by atoms with Crippen LogP contribution >= 0.6 is 0 Å². The molecule has 0 fully saturated rings. The lowest BCUT2D eigenvalue weighted by atomic mass is 10.2. The van der Waals surface area contributed by atoms with Crippen LogP contribution in [0.25, 0.3) is 11.5 Å². The van der Waals surface area contributed by atoms with Gasteiger partial charge >= 0.3 is 0 Å². The zero-order valence-electron chi connectivity index (χ0n) is 7.69. The molecule has 0 N–H and O–H groups in total. The van der Waals surface area contributed by atoms with E-state index in [0.717, 1.165) is 17.2 Å². The third kappa shape index (κ3) is 1.50. The summed E-state index contributed by atoms with van der Waals surface area (Å²) in [6.07, 6.45) is 1.53. The zero-order valence-corrected chi connectivity index (χ0v) is 7.69. The van der Waals surface area contributed by atoms with Gasteiger partial charge in [-0.05, 0) is 31.2 Å². The molecule has 0 amide bonds. The first-order valence-corrected chi connectivity index (χ1v) is 4.22. The number of hydrogen-bond acceptors (Lipinski definition) is 3. The number of nitriles is 1. The molecule has 0 aromatic carbocycles. The molecule has 0 aliphatic heterocycles. The van der Waals surface area contributed by atoms with Gasteiger partial charge in [0, 0.05) is 6.20 Å². The lowest BCUT2D eigenvalue weighted by Crippen LogP contribution is -1.82. The molecule has 68 valence electrons. The third-order valence-electron chi connectivity index (χ3n) is 1.89. The summed E-state index contributed by atoms with van der Waals surface area (Å²) in [5.41, 5.74) is 1.30. The molecule has 2 heterocycles. The molecule has 0 unspecified atom stereocenters. The molecule has 3 heteroatoms. The predicted octanol–water partition coefficient (Wildman–Crippen LogP) is 2.52. The maximum Gasteiger partial charge on any atom is 0.152 e. The van der Waals surface area contributed by atoms with Gasteiger partial charge in [0.05, 0.1) is 5.56 Å². The highest BCUT2D eigenvalue weighted by atomic mass is 16.3. The van der Waals surface area contributed by atoms with Crippen LogP contribution in [0.5, 0.6) is 0 Å². The predicted molar refractivity (Wildman–Crippen MR) is 51.4 cm³/mol. The van der Waals surface area contributed by atoms with Gasteiger partial charge < -0.3 is 4.42 Å². The molecule has 2 aromatic heterocycles. The van der Waals surface area contributed by atoms with Gasteiger partial charge in [-0.2, -0.15) is 5.26 Å². The molecule has 0 bridgehead atoms. The van der Waals surface area contributed by atoms with Crippen LogP contribution in [0.15, 0.2) is 34.9 Å². The molecule has 0 aliphatic carbocycles. The van der Waals surface area contributed by atoms with Crippen molar-refractivity contribution < 1.29 is 4.42 Å². The minimum Gasteiger partial charge on any atom is -0.460 e. The largest absolute Gasteiger partial charge is 0.460 e. The second kappa shape index (κ2) is 3.35. The standard InChI is InChI=1S/C11H8N2O/c1-8-2-5-11(14-8)10-4-3-9(6-12)7-13-10/h2-5,7H,1H3. The van der Waals surface area contributed by atoms with E-state index in [1.165, 1.54) is 6.20 Å². The van der Waals surface area contributed by atoms with Crippen LogP contribution in [0, 0.1) is 18.3 Å². The molecule has 0 aliphatic rings. The molecule has 14 heavy (non-hydrogen) atoms.